The topological polar surface area (TPSA) is 17.6 Å². The van der Waals surface area contributed by atoms with Gasteiger partial charge in [0.25, 0.3) is 0 Å². The molecule has 0 spiro atoms. The van der Waals surface area contributed by atoms with Crippen LogP contribution in [0, 0.1) is 0 Å². The minimum Gasteiger partial charge on any atom is -0.454 e. The maximum Gasteiger partial charge on any atom is 0.156 e. The molecule has 0 aliphatic heterocycles. The molecule has 0 aliphatic carbocycles. The van der Waals surface area contributed by atoms with Crippen molar-refractivity contribution in [3.63, 3.8) is 0 Å². The van der Waals surface area contributed by atoms with Gasteiger partial charge in [0.2, 0.25) is 0 Å². The van der Waals surface area contributed by atoms with Crippen LogP contribution in [-0.2, 0) is 0 Å². The van der Waals surface area contributed by atoms with E-state index in [2.05, 4.69) is 65.1 Å². The van der Waals surface area contributed by atoms with Gasteiger partial charge in [0.1, 0.15) is 5.58 Å². The number of nitrogens with zero attached hydrogens (tertiary/aromatic N) is 1. The summed E-state index contributed by atoms with van der Waals surface area (Å²) in [6, 6.07) is 25.3. The Morgan fingerprint density at radius 3 is 2.26 bits per heavy atom. The van der Waals surface area contributed by atoms with Crippen molar-refractivity contribution in [2.45, 2.75) is 0 Å². The van der Waals surface area contributed by atoms with Crippen LogP contribution < -0.4 is 0 Å². The van der Waals surface area contributed by atoms with E-state index in [9.17, 15) is 0 Å². The summed E-state index contributed by atoms with van der Waals surface area (Å²) in [6.07, 6.45) is 0. The van der Waals surface area contributed by atoms with Gasteiger partial charge in [-0.05, 0) is 18.2 Å². The normalized spacial score (nSPS) is 12.6. The molecule has 3 heteroatoms. The summed E-state index contributed by atoms with van der Waals surface area (Å²) < 4.78 is 8.53. The van der Waals surface area contributed by atoms with Gasteiger partial charge < -0.3 is 8.82 Å². The average Bonchev–Trinajstić information content (AvgIpc) is 3.35. The van der Waals surface area contributed by atoms with Gasteiger partial charge in [0, 0.05) is 26.9 Å². The Balaban J connectivity index is 1.96. The predicted molar refractivity (Wildman–Crippen MR) is 113 cm³/mol. The fourth-order valence-corrected chi connectivity index (χ4v) is 4.99. The fourth-order valence-electron chi connectivity index (χ4n) is 4.75. The van der Waals surface area contributed by atoms with E-state index in [-0.39, 0.29) is 0 Å². The summed E-state index contributed by atoms with van der Waals surface area (Å²) in [4.78, 5) is 0. The smallest absolute Gasteiger partial charge is 0.156 e. The molecule has 7 rings (SSSR count). The van der Waals surface area contributed by atoms with Crippen molar-refractivity contribution in [2.24, 2.45) is 0 Å². The number of furan rings is 1. The molecular weight excluding hydrogens is 354 g/mol. The summed E-state index contributed by atoms with van der Waals surface area (Å²) >= 11 is 6.67. The van der Waals surface area contributed by atoms with E-state index >= 15 is 0 Å². The number of fused-ring (bicyclic) bond motifs is 10. The average molecular weight is 366 g/mol. The third-order valence-electron chi connectivity index (χ3n) is 5.78. The van der Waals surface area contributed by atoms with Gasteiger partial charge in [-0.3, -0.25) is 0 Å². The highest BCUT2D eigenvalue weighted by Gasteiger charge is 2.22. The van der Waals surface area contributed by atoms with E-state index in [1.54, 1.807) is 0 Å². The van der Waals surface area contributed by atoms with Gasteiger partial charge in [0.05, 0.1) is 27.0 Å². The molecule has 0 N–H and O–H groups in total. The summed E-state index contributed by atoms with van der Waals surface area (Å²) in [7, 11) is 0. The van der Waals surface area contributed by atoms with E-state index in [1.165, 1.54) is 38.1 Å². The first kappa shape index (κ1) is 13.9. The van der Waals surface area contributed by atoms with Gasteiger partial charge in [-0.1, -0.05) is 66.2 Å². The number of benzene rings is 4. The number of aromatic nitrogens is 1. The van der Waals surface area contributed by atoms with Gasteiger partial charge in [-0.2, -0.15) is 0 Å². The Morgan fingerprint density at radius 1 is 0.667 bits per heavy atom. The molecule has 0 aliphatic rings. The van der Waals surface area contributed by atoms with Crippen molar-refractivity contribution in [2.75, 3.05) is 0 Å². The summed E-state index contributed by atoms with van der Waals surface area (Å²) in [5.74, 6) is 0. The van der Waals surface area contributed by atoms with Crippen molar-refractivity contribution >= 4 is 71.6 Å². The monoisotopic (exact) mass is 365 g/mol. The van der Waals surface area contributed by atoms with Crippen LogP contribution in [0.2, 0.25) is 5.02 Å². The minimum absolute atomic E-state index is 0.659. The molecule has 0 saturated heterocycles. The SMILES string of the molecule is Clc1cc2c3cccc4c5ccccc5n(c43)c2c2c1oc1ccccc12. The summed E-state index contributed by atoms with van der Waals surface area (Å²) in [5, 5.41) is 7.80. The minimum atomic E-state index is 0.659. The van der Waals surface area contributed by atoms with E-state index < -0.39 is 0 Å². The van der Waals surface area contributed by atoms with Crippen molar-refractivity contribution in [3.05, 3.63) is 77.8 Å². The van der Waals surface area contributed by atoms with Crippen molar-refractivity contribution in [1.29, 1.82) is 0 Å². The Morgan fingerprint density at radius 2 is 1.37 bits per heavy atom. The highest BCUT2D eigenvalue weighted by molar-refractivity contribution is 6.40. The maximum atomic E-state index is 6.67. The van der Waals surface area contributed by atoms with Crippen molar-refractivity contribution in [1.82, 2.24) is 4.40 Å². The molecular formula is C24H12ClNO. The molecule has 0 fully saturated rings. The number of para-hydroxylation sites is 3. The second-order valence-electron chi connectivity index (χ2n) is 7.11. The highest BCUT2D eigenvalue weighted by Crippen LogP contribution is 2.45. The molecule has 4 aromatic carbocycles. The zero-order valence-electron chi connectivity index (χ0n) is 14.2. The van der Waals surface area contributed by atoms with Crippen LogP contribution in [-0.4, -0.2) is 4.40 Å². The lowest BCUT2D eigenvalue weighted by Crippen LogP contribution is -1.82. The van der Waals surface area contributed by atoms with Gasteiger partial charge in [0.15, 0.2) is 5.58 Å². The molecule has 0 amide bonds. The highest BCUT2D eigenvalue weighted by atomic mass is 35.5. The first-order valence-electron chi connectivity index (χ1n) is 8.99. The molecule has 7 aromatic rings. The third-order valence-corrected chi connectivity index (χ3v) is 6.06. The Bertz CT molecular complexity index is 1690. The number of hydrogen-bond donors (Lipinski definition) is 0. The summed E-state index contributed by atoms with van der Waals surface area (Å²) in [5.41, 5.74) is 5.27. The van der Waals surface area contributed by atoms with E-state index in [1.807, 2.05) is 12.1 Å². The van der Waals surface area contributed by atoms with Crippen LogP contribution in [0.3, 0.4) is 0 Å². The molecule has 0 atom stereocenters. The first-order valence-corrected chi connectivity index (χ1v) is 9.37. The van der Waals surface area contributed by atoms with E-state index in [0.717, 1.165) is 21.9 Å². The first-order chi connectivity index (χ1) is 13.3. The lowest BCUT2D eigenvalue weighted by Gasteiger charge is -2.01. The lowest BCUT2D eigenvalue weighted by molar-refractivity contribution is 0.669. The number of halogens is 1. The quantitative estimate of drug-likeness (QED) is 0.274. The molecule has 0 unspecified atom stereocenters. The molecule has 2 nitrogen and oxygen atoms in total. The van der Waals surface area contributed by atoms with E-state index in [4.69, 9.17) is 16.0 Å². The predicted octanol–water partition coefficient (Wildman–Crippen LogP) is 7.39. The van der Waals surface area contributed by atoms with Crippen molar-refractivity contribution < 1.29 is 4.42 Å². The zero-order chi connectivity index (χ0) is 17.7. The van der Waals surface area contributed by atoms with Crippen LogP contribution in [0.25, 0.3) is 60.0 Å². The molecule has 0 radical (unpaired) electrons. The lowest BCUT2D eigenvalue weighted by atomic mass is 10.1. The molecule has 3 heterocycles. The van der Waals surface area contributed by atoms with Crippen LogP contribution in [0.15, 0.2) is 77.2 Å². The molecule has 0 saturated carbocycles. The Hall–Kier alpha value is -3.23. The zero-order valence-corrected chi connectivity index (χ0v) is 14.9. The van der Waals surface area contributed by atoms with Crippen molar-refractivity contribution in [3.8, 4) is 0 Å². The Labute approximate surface area is 158 Å². The molecule has 3 aromatic heterocycles. The number of rotatable bonds is 0. The van der Waals surface area contributed by atoms with E-state index in [0.29, 0.717) is 5.02 Å². The summed E-state index contributed by atoms with van der Waals surface area (Å²) in [6.45, 7) is 0. The second kappa shape index (κ2) is 4.54. The van der Waals surface area contributed by atoms with Gasteiger partial charge in [-0.15, -0.1) is 0 Å². The van der Waals surface area contributed by atoms with Crippen LogP contribution >= 0.6 is 11.6 Å². The second-order valence-corrected chi connectivity index (χ2v) is 7.52. The van der Waals surface area contributed by atoms with Crippen LogP contribution in [0.5, 0.6) is 0 Å². The van der Waals surface area contributed by atoms with Crippen LogP contribution in [0.1, 0.15) is 0 Å². The van der Waals surface area contributed by atoms with Crippen LogP contribution in [0.4, 0.5) is 0 Å². The molecule has 0 bridgehead atoms. The molecule has 126 valence electrons. The largest absolute Gasteiger partial charge is 0.454 e. The number of hydrogen-bond acceptors (Lipinski definition) is 1. The standard InChI is InChI=1S/C24H12ClNO/c25-18-12-17-15-9-5-8-14-13-6-1-3-10-19(13)26(22(14)15)23(17)21-16-7-2-4-11-20(16)27-24(18)21/h1-12H. The maximum absolute atomic E-state index is 6.67. The fraction of sp³-hybridized carbons (Fsp3) is 0. The van der Waals surface area contributed by atoms with Gasteiger partial charge in [-0.25, -0.2) is 0 Å². The third kappa shape index (κ3) is 1.51. The Kier molecular flexibility index (Phi) is 2.34. The van der Waals surface area contributed by atoms with Gasteiger partial charge >= 0.3 is 0 Å². The molecule has 27 heavy (non-hydrogen) atoms.